The lowest BCUT2D eigenvalue weighted by Gasteiger charge is -2.41. The van der Waals surface area contributed by atoms with Gasteiger partial charge in [-0.3, -0.25) is 14.5 Å². The number of piperidine rings is 1. The predicted octanol–water partition coefficient (Wildman–Crippen LogP) is 0.731. The molecule has 2 fully saturated rings. The summed E-state index contributed by atoms with van der Waals surface area (Å²) in [5.41, 5.74) is 1.41. The minimum atomic E-state index is -4.12. The molecule has 0 unspecified atom stereocenters. The van der Waals surface area contributed by atoms with E-state index < -0.39 is 34.5 Å². The van der Waals surface area contributed by atoms with Crippen LogP contribution in [-0.2, 0) is 14.8 Å². The van der Waals surface area contributed by atoms with Crippen molar-refractivity contribution in [3.63, 3.8) is 0 Å². The summed E-state index contributed by atoms with van der Waals surface area (Å²) in [5, 5.41) is 15.4. The van der Waals surface area contributed by atoms with Crippen LogP contribution >= 0.6 is 0 Å². The van der Waals surface area contributed by atoms with E-state index in [-0.39, 0.29) is 4.90 Å². The van der Waals surface area contributed by atoms with E-state index in [9.17, 15) is 23.1 Å². The minimum absolute atomic E-state index is 0.108. The standard InChI is InChI=1S/C26H35N5O6S/c1-37-22-6-8-23(9-7-22)38(35,36)29-24(26(33)34)18-28-25(32)19-2-4-20(5-3-19)30-14-10-21(11-15-30)31-16-12-27-13-17-31/h2-9,21,24,27,29H,10-18H2,1H3,(H,28,32)(H,33,34)/t24-/m0/s1. The molecule has 1 atom stereocenters. The van der Waals surface area contributed by atoms with E-state index >= 15 is 0 Å². The third-order valence-corrected chi connectivity index (χ3v) is 8.55. The monoisotopic (exact) mass is 545 g/mol. The summed E-state index contributed by atoms with van der Waals surface area (Å²) in [6.07, 6.45) is 2.20. The van der Waals surface area contributed by atoms with Crippen LogP contribution in [0.25, 0.3) is 0 Å². The summed E-state index contributed by atoms with van der Waals surface area (Å²) in [4.78, 5) is 29.1. The highest BCUT2D eigenvalue weighted by atomic mass is 32.2. The number of benzene rings is 2. The Morgan fingerprint density at radius 2 is 1.66 bits per heavy atom. The van der Waals surface area contributed by atoms with Crippen LogP contribution in [0.5, 0.6) is 5.75 Å². The second-order valence-electron chi connectivity index (χ2n) is 9.45. The molecule has 1 amide bonds. The van der Waals surface area contributed by atoms with Crippen LogP contribution in [0.2, 0.25) is 0 Å². The number of carboxylic acids is 1. The number of nitrogens with zero attached hydrogens (tertiary/aromatic N) is 2. The topological polar surface area (TPSA) is 140 Å². The van der Waals surface area contributed by atoms with Crippen molar-refractivity contribution in [3.8, 4) is 5.75 Å². The van der Waals surface area contributed by atoms with Gasteiger partial charge in [0.1, 0.15) is 11.8 Å². The Balaban J connectivity index is 1.29. The molecule has 4 rings (SSSR count). The predicted molar refractivity (Wildman–Crippen MR) is 143 cm³/mol. The molecule has 12 heteroatoms. The average molecular weight is 546 g/mol. The fourth-order valence-electron chi connectivity index (χ4n) is 4.85. The lowest BCUT2D eigenvalue weighted by atomic mass is 10.0. The number of hydrogen-bond donors (Lipinski definition) is 4. The van der Waals surface area contributed by atoms with E-state index in [1.807, 2.05) is 12.1 Å². The van der Waals surface area contributed by atoms with Crippen LogP contribution in [-0.4, -0.2) is 95.3 Å². The van der Waals surface area contributed by atoms with Gasteiger partial charge in [0.25, 0.3) is 5.91 Å². The number of carboxylic acid groups (broad SMARTS) is 1. The fourth-order valence-corrected chi connectivity index (χ4v) is 6.04. The van der Waals surface area contributed by atoms with E-state index in [0.29, 0.717) is 17.4 Å². The summed E-state index contributed by atoms with van der Waals surface area (Å²) >= 11 is 0. The lowest BCUT2D eigenvalue weighted by molar-refractivity contribution is -0.138. The summed E-state index contributed by atoms with van der Waals surface area (Å²) < 4.78 is 32.4. The van der Waals surface area contributed by atoms with Gasteiger partial charge in [-0.1, -0.05) is 0 Å². The summed E-state index contributed by atoms with van der Waals surface area (Å²) in [7, 11) is -2.67. The summed E-state index contributed by atoms with van der Waals surface area (Å²) in [5.74, 6) is -1.41. The van der Waals surface area contributed by atoms with Gasteiger partial charge in [0.2, 0.25) is 10.0 Å². The van der Waals surface area contributed by atoms with Crippen LogP contribution in [0.15, 0.2) is 53.4 Å². The maximum Gasteiger partial charge on any atom is 0.323 e. The Kier molecular flexibility index (Phi) is 9.21. The molecule has 11 nitrogen and oxygen atoms in total. The van der Waals surface area contributed by atoms with Crippen molar-refractivity contribution in [3.05, 3.63) is 54.1 Å². The SMILES string of the molecule is COc1ccc(S(=O)(=O)N[C@@H](CNC(=O)c2ccc(N3CCC(N4CCNCC4)CC3)cc2)C(=O)O)cc1. The molecule has 206 valence electrons. The maximum absolute atomic E-state index is 12.7. The molecule has 2 saturated heterocycles. The van der Waals surface area contributed by atoms with E-state index in [2.05, 4.69) is 25.2 Å². The van der Waals surface area contributed by atoms with Crippen molar-refractivity contribution in [2.75, 3.05) is 57.8 Å². The maximum atomic E-state index is 12.7. The van der Waals surface area contributed by atoms with Gasteiger partial charge in [0.05, 0.1) is 12.0 Å². The van der Waals surface area contributed by atoms with Gasteiger partial charge < -0.3 is 25.4 Å². The molecular formula is C26H35N5O6S. The third-order valence-electron chi connectivity index (χ3n) is 7.06. The molecule has 4 N–H and O–H groups in total. The highest BCUT2D eigenvalue weighted by Crippen LogP contribution is 2.23. The number of carbonyl (C=O) groups excluding carboxylic acids is 1. The first kappa shape index (κ1) is 27.8. The molecule has 0 bridgehead atoms. The van der Waals surface area contributed by atoms with Gasteiger partial charge in [-0.2, -0.15) is 4.72 Å². The molecule has 2 aliphatic rings. The summed E-state index contributed by atoms with van der Waals surface area (Å²) in [6, 6.07) is 11.8. The van der Waals surface area contributed by atoms with Crippen molar-refractivity contribution >= 4 is 27.6 Å². The molecule has 2 aromatic carbocycles. The second-order valence-corrected chi connectivity index (χ2v) is 11.2. The van der Waals surface area contributed by atoms with E-state index in [4.69, 9.17) is 4.74 Å². The lowest BCUT2D eigenvalue weighted by Crippen LogP contribution is -2.52. The molecular weight excluding hydrogens is 510 g/mol. The first-order valence-corrected chi connectivity index (χ1v) is 14.2. The molecule has 38 heavy (non-hydrogen) atoms. The quantitative estimate of drug-likeness (QED) is 0.340. The van der Waals surface area contributed by atoms with E-state index in [0.717, 1.165) is 57.8 Å². The zero-order valence-corrected chi connectivity index (χ0v) is 22.2. The minimum Gasteiger partial charge on any atom is -0.497 e. The number of nitrogens with one attached hydrogen (secondary N) is 3. The van der Waals surface area contributed by atoms with Gasteiger partial charge in [0, 0.05) is 63.1 Å². The van der Waals surface area contributed by atoms with Gasteiger partial charge in [-0.05, 0) is 61.4 Å². The Morgan fingerprint density at radius 3 is 2.24 bits per heavy atom. The Morgan fingerprint density at radius 1 is 1.03 bits per heavy atom. The Bertz CT molecular complexity index is 1190. The number of ether oxygens (including phenoxy) is 1. The van der Waals surface area contributed by atoms with Crippen molar-refractivity contribution in [1.82, 2.24) is 20.3 Å². The molecule has 0 radical (unpaired) electrons. The van der Waals surface area contributed by atoms with Gasteiger partial charge >= 0.3 is 5.97 Å². The zero-order valence-electron chi connectivity index (χ0n) is 21.4. The molecule has 0 aromatic heterocycles. The van der Waals surface area contributed by atoms with Crippen molar-refractivity contribution in [2.45, 2.75) is 29.8 Å². The number of anilines is 1. The summed E-state index contributed by atoms with van der Waals surface area (Å²) in [6.45, 7) is 5.78. The highest BCUT2D eigenvalue weighted by Gasteiger charge is 2.27. The Hall–Kier alpha value is -3.19. The molecule has 0 aliphatic carbocycles. The van der Waals surface area contributed by atoms with Crippen LogP contribution in [0.4, 0.5) is 5.69 Å². The molecule has 2 aliphatic heterocycles. The van der Waals surface area contributed by atoms with Crippen LogP contribution in [0, 0.1) is 0 Å². The van der Waals surface area contributed by atoms with Crippen molar-refractivity contribution < 1.29 is 27.9 Å². The van der Waals surface area contributed by atoms with Crippen LogP contribution in [0.3, 0.4) is 0 Å². The smallest absolute Gasteiger partial charge is 0.323 e. The van der Waals surface area contributed by atoms with Crippen LogP contribution < -0.4 is 25.0 Å². The third kappa shape index (κ3) is 7.01. The van der Waals surface area contributed by atoms with Gasteiger partial charge in [-0.25, -0.2) is 8.42 Å². The largest absolute Gasteiger partial charge is 0.497 e. The van der Waals surface area contributed by atoms with Gasteiger partial charge in [0.15, 0.2) is 0 Å². The number of rotatable bonds is 10. The molecule has 0 spiro atoms. The number of amides is 1. The molecule has 0 saturated carbocycles. The number of piperazine rings is 1. The number of hydrogen-bond acceptors (Lipinski definition) is 8. The van der Waals surface area contributed by atoms with Crippen LogP contribution in [0.1, 0.15) is 23.2 Å². The number of aliphatic carboxylic acids is 1. The highest BCUT2D eigenvalue weighted by molar-refractivity contribution is 7.89. The van der Waals surface area contributed by atoms with Crippen molar-refractivity contribution in [2.24, 2.45) is 0 Å². The first-order chi connectivity index (χ1) is 18.3. The normalized spacial score (nSPS) is 18.1. The van der Waals surface area contributed by atoms with E-state index in [1.54, 1.807) is 12.1 Å². The number of sulfonamides is 1. The molecule has 2 aromatic rings. The second kappa shape index (κ2) is 12.6. The zero-order chi connectivity index (χ0) is 27.1. The fraction of sp³-hybridized carbons (Fsp3) is 0.462. The first-order valence-electron chi connectivity index (χ1n) is 12.7. The van der Waals surface area contributed by atoms with E-state index in [1.165, 1.54) is 31.4 Å². The Labute approximate surface area is 223 Å². The number of carbonyl (C=O) groups is 2. The average Bonchev–Trinajstić information content (AvgIpc) is 2.95. The number of methoxy groups -OCH3 is 1. The van der Waals surface area contributed by atoms with Crippen molar-refractivity contribution in [1.29, 1.82) is 0 Å². The van der Waals surface area contributed by atoms with Gasteiger partial charge in [-0.15, -0.1) is 0 Å². The molecule has 2 heterocycles.